The van der Waals surface area contributed by atoms with Gasteiger partial charge in [-0.15, -0.1) is 11.3 Å². The van der Waals surface area contributed by atoms with Crippen molar-refractivity contribution in [1.29, 1.82) is 0 Å². The first-order chi connectivity index (χ1) is 13.0. The summed E-state index contributed by atoms with van der Waals surface area (Å²) in [7, 11) is 0. The summed E-state index contributed by atoms with van der Waals surface area (Å²) >= 11 is 3.42. The average Bonchev–Trinajstić information content (AvgIpc) is 3.33. The third-order valence-corrected chi connectivity index (χ3v) is 6.42. The number of hydrogen-bond donors (Lipinski definition) is 2. The Kier molecular flexibility index (Phi) is 6.59. The molecule has 0 spiro atoms. The standard InChI is InChI=1S/C14H16N2OS2.C4H4O4/c1-2-12(18-7-1)13-8-15-14(19-13)17-11-9-16-5-3-10(11)4-6-16;5-3(6)1-2-4(7)8/h1-2,7-8,10-11H,3-6,9H2;1-2H,(H,5,6)(H,7,8)/b;2-1+. The van der Waals surface area contributed by atoms with Gasteiger partial charge in [0.05, 0.1) is 11.1 Å². The van der Waals surface area contributed by atoms with Crippen LogP contribution in [0.25, 0.3) is 9.75 Å². The third-order valence-electron chi connectivity index (χ3n) is 4.47. The fourth-order valence-corrected chi connectivity index (χ4v) is 4.80. The minimum Gasteiger partial charge on any atom is -0.478 e. The molecule has 0 radical (unpaired) electrons. The van der Waals surface area contributed by atoms with E-state index in [-0.39, 0.29) is 0 Å². The number of aliphatic carboxylic acids is 2. The van der Waals surface area contributed by atoms with E-state index in [2.05, 4.69) is 27.4 Å². The molecule has 3 aliphatic rings. The van der Waals surface area contributed by atoms with Crippen molar-refractivity contribution in [2.24, 2.45) is 5.92 Å². The van der Waals surface area contributed by atoms with E-state index < -0.39 is 11.9 Å². The van der Waals surface area contributed by atoms with Crippen molar-refractivity contribution in [2.45, 2.75) is 18.9 Å². The molecular formula is C18H20N2O5S2. The van der Waals surface area contributed by atoms with Gasteiger partial charge in [0.2, 0.25) is 0 Å². The van der Waals surface area contributed by atoms with Gasteiger partial charge < -0.3 is 14.9 Å². The van der Waals surface area contributed by atoms with Crippen molar-refractivity contribution in [3.05, 3.63) is 35.9 Å². The van der Waals surface area contributed by atoms with E-state index in [4.69, 9.17) is 14.9 Å². The van der Waals surface area contributed by atoms with Gasteiger partial charge in [-0.25, -0.2) is 14.6 Å². The van der Waals surface area contributed by atoms with Crippen molar-refractivity contribution in [3.8, 4) is 14.9 Å². The summed E-state index contributed by atoms with van der Waals surface area (Å²) in [6.45, 7) is 3.59. The Balaban J connectivity index is 0.000000226. The molecule has 2 bridgehead atoms. The van der Waals surface area contributed by atoms with Crippen LogP contribution in [0, 0.1) is 5.92 Å². The predicted octanol–water partition coefficient (Wildman–Crippen LogP) is 3.06. The molecule has 3 saturated heterocycles. The van der Waals surface area contributed by atoms with Gasteiger partial charge in [-0.3, -0.25) is 4.90 Å². The molecule has 1 unspecified atom stereocenters. The lowest BCUT2D eigenvalue weighted by molar-refractivity contribution is -0.134. The zero-order chi connectivity index (χ0) is 19.2. The predicted molar refractivity (Wildman–Crippen MR) is 103 cm³/mol. The first-order valence-electron chi connectivity index (χ1n) is 8.54. The van der Waals surface area contributed by atoms with Gasteiger partial charge in [0.1, 0.15) is 6.10 Å². The Hall–Kier alpha value is -2.23. The monoisotopic (exact) mass is 408 g/mol. The Labute approximate surface area is 164 Å². The molecule has 2 aromatic heterocycles. The minimum absolute atomic E-state index is 0.352. The summed E-state index contributed by atoms with van der Waals surface area (Å²) in [6.07, 6.45) is 5.98. The number of carbonyl (C=O) groups is 2. The second-order valence-electron chi connectivity index (χ2n) is 6.27. The zero-order valence-corrected chi connectivity index (χ0v) is 16.1. The summed E-state index contributed by atoms with van der Waals surface area (Å²) in [5.74, 6) is -1.78. The van der Waals surface area contributed by atoms with Gasteiger partial charge in [-0.2, -0.15) is 0 Å². The molecule has 0 aliphatic carbocycles. The Bertz CT molecular complexity index is 779. The van der Waals surface area contributed by atoms with Gasteiger partial charge >= 0.3 is 11.9 Å². The fourth-order valence-electron chi connectivity index (χ4n) is 3.16. The topological polar surface area (TPSA) is 100.0 Å². The maximum atomic E-state index is 9.55. The molecule has 1 atom stereocenters. The lowest BCUT2D eigenvalue weighted by atomic mass is 9.86. The Morgan fingerprint density at radius 2 is 1.89 bits per heavy atom. The van der Waals surface area contributed by atoms with Crippen molar-refractivity contribution >= 4 is 34.6 Å². The number of carboxylic acids is 2. The van der Waals surface area contributed by atoms with Crippen LogP contribution < -0.4 is 4.74 Å². The summed E-state index contributed by atoms with van der Waals surface area (Å²) in [5, 5.41) is 18.6. The van der Waals surface area contributed by atoms with E-state index in [1.54, 1.807) is 22.7 Å². The summed E-state index contributed by atoms with van der Waals surface area (Å²) in [5.41, 5.74) is 0. The quantitative estimate of drug-likeness (QED) is 0.734. The SMILES string of the molecule is O=C(O)/C=C/C(=O)O.c1csc(-c2cnc(OC3CN4CCC3CC4)s2)c1. The number of carboxylic acid groups (broad SMARTS) is 2. The Morgan fingerprint density at radius 1 is 1.19 bits per heavy atom. The van der Waals surface area contributed by atoms with Crippen molar-refractivity contribution in [3.63, 3.8) is 0 Å². The maximum Gasteiger partial charge on any atom is 0.328 e. The first-order valence-corrected chi connectivity index (χ1v) is 10.2. The highest BCUT2D eigenvalue weighted by molar-refractivity contribution is 7.22. The van der Waals surface area contributed by atoms with Crippen LogP contribution in [-0.2, 0) is 9.59 Å². The number of ether oxygens (including phenoxy) is 1. The van der Waals surface area contributed by atoms with Crippen molar-refractivity contribution in [1.82, 2.24) is 9.88 Å². The smallest absolute Gasteiger partial charge is 0.328 e. The molecule has 3 fully saturated rings. The summed E-state index contributed by atoms with van der Waals surface area (Å²) in [4.78, 5) is 28.5. The van der Waals surface area contributed by atoms with Crippen LogP contribution in [-0.4, -0.2) is 57.8 Å². The van der Waals surface area contributed by atoms with E-state index in [0.29, 0.717) is 18.3 Å². The molecule has 5 rings (SSSR count). The molecule has 9 heteroatoms. The van der Waals surface area contributed by atoms with Gasteiger partial charge in [0.15, 0.2) is 0 Å². The third kappa shape index (κ3) is 5.62. The highest BCUT2D eigenvalue weighted by Gasteiger charge is 2.35. The molecule has 0 aromatic carbocycles. The molecule has 144 valence electrons. The highest BCUT2D eigenvalue weighted by atomic mass is 32.1. The number of thiazole rings is 1. The summed E-state index contributed by atoms with van der Waals surface area (Å²) < 4.78 is 6.14. The molecule has 0 saturated carbocycles. The molecule has 0 amide bonds. The van der Waals surface area contributed by atoms with Crippen molar-refractivity contribution in [2.75, 3.05) is 19.6 Å². The van der Waals surface area contributed by atoms with Crippen LogP contribution in [0.3, 0.4) is 0 Å². The maximum absolute atomic E-state index is 9.55. The summed E-state index contributed by atoms with van der Waals surface area (Å²) in [6, 6.07) is 4.21. The number of rotatable bonds is 5. The van der Waals surface area contributed by atoms with Crippen LogP contribution in [0.4, 0.5) is 0 Å². The first kappa shape index (κ1) is 19.5. The molecule has 2 N–H and O–H groups in total. The molecular weight excluding hydrogens is 388 g/mol. The molecule has 27 heavy (non-hydrogen) atoms. The highest BCUT2D eigenvalue weighted by Crippen LogP contribution is 2.36. The number of piperidine rings is 3. The second kappa shape index (κ2) is 9.12. The van der Waals surface area contributed by atoms with Crippen LogP contribution in [0.5, 0.6) is 5.19 Å². The van der Waals surface area contributed by atoms with E-state index in [0.717, 1.165) is 17.7 Å². The molecule has 3 aliphatic heterocycles. The van der Waals surface area contributed by atoms with Gasteiger partial charge in [0.25, 0.3) is 5.19 Å². The molecule has 2 aromatic rings. The largest absolute Gasteiger partial charge is 0.478 e. The number of nitrogens with zero attached hydrogens (tertiary/aromatic N) is 2. The van der Waals surface area contributed by atoms with Crippen LogP contribution >= 0.6 is 22.7 Å². The van der Waals surface area contributed by atoms with Crippen LogP contribution in [0.2, 0.25) is 0 Å². The van der Waals surface area contributed by atoms with Gasteiger partial charge in [-0.1, -0.05) is 17.4 Å². The second-order valence-corrected chi connectivity index (χ2v) is 8.21. The number of fused-ring (bicyclic) bond motifs is 3. The van der Waals surface area contributed by atoms with E-state index in [1.807, 2.05) is 6.20 Å². The van der Waals surface area contributed by atoms with E-state index in [1.165, 1.54) is 35.7 Å². The lowest BCUT2D eigenvalue weighted by Crippen LogP contribution is -2.52. The van der Waals surface area contributed by atoms with E-state index in [9.17, 15) is 9.59 Å². The van der Waals surface area contributed by atoms with Crippen molar-refractivity contribution < 1.29 is 24.5 Å². The normalized spacial score (nSPS) is 23.6. The number of thiophene rings is 1. The van der Waals surface area contributed by atoms with Crippen LogP contribution in [0.1, 0.15) is 12.8 Å². The molecule has 5 heterocycles. The van der Waals surface area contributed by atoms with Gasteiger partial charge in [0, 0.05) is 23.6 Å². The fraction of sp³-hybridized carbons (Fsp3) is 0.389. The van der Waals surface area contributed by atoms with Crippen LogP contribution in [0.15, 0.2) is 35.9 Å². The molecule has 7 nitrogen and oxygen atoms in total. The lowest BCUT2D eigenvalue weighted by Gasteiger charge is -2.43. The number of hydrogen-bond acceptors (Lipinski definition) is 7. The van der Waals surface area contributed by atoms with E-state index >= 15 is 0 Å². The Morgan fingerprint density at radius 3 is 2.41 bits per heavy atom. The zero-order valence-electron chi connectivity index (χ0n) is 14.5. The number of aromatic nitrogens is 1. The minimum atomic E-state index is -1.26. The van der Waals surface area contributed by atoms with Gasteiger partial charge in [-0.05, 0) is 43.3 Å². The average molecular weight is 409 g/mol.